The highest BCUT2D eigenvalue weighted by Crippen LogP contribution is 2.21. The van der Waals surface area contributed by atoms with Crippen LogP contribution in [0.25, 0.3) is 0 Å². The molecule has 0 spiro atoms. The van der Waals surface area contributed by atoms with Crippen molar-refractivity contribution in [3.8, 4) is 0 Å². The topological polar surface area (TPSA) is 52.7 Å². The van der Waals surface area contributed by atoms with E-state index in [9.17, 15) is 9.59 Å². The van der Waals surface area contributed by atoms with E-state index in [-0.39, 0.29) is 30.3 Å². The number of likely N-dealkylation sites (N-methyl/N-ethyl adjacent to an activating group) is 1. The van der Waals surface area contributed by atoms with E-state index in [2.05, 4.69) is 12.2 Å². The number of hydrogen-bond acceptors (Lipinski definition) is 4. The van der Waals surface area contributed by atoms with Gasteiger partial charge in [0.05, 0.1) is 11.4 Å². The number of carbonyl (C=O) groups excluding carboxylic acids is 2. The van der Waals surface area contributed by atoms with Crippen LogP contribution in [0.3, 0.4) is 0 Å². The SMILES string of the molecule is CCCN(C(=O)c1cccs1)C1CCN(C(=O)CNC)CC1.Cl. The molecule has 0 aromatic carbocycles. The summed E-state index contributed by atoms with van der Waals surface area (Å²) in [6.45, 7) is 4.75. The fourth-order valence-electron chi connectivity index (χ4n) is 2.92. The Morgan fingerprint density at radius 1 is 1.39 bits per heavy atom. The van der Waals surface area contributed by atoms with E-state index in [1.807, 2.05) is 27.3 Å². The van der Waals surface area contributed by atoms with Gasteiger partial charge in [-0.25, -0.2) is 0 Å². The fraction of sp³-hybridized carbons (Fsp3) is 0.625. The van der Waals surface area contributed by atoms with Crippen molar-refractivity contribution in [3.63, 3.8) is 0 Å². The number of hydrogen-bond donors (Lipinski definition) is 1. The van der Waals surface area contributed by atoms with Gasteiger partial charge in [0.2, 0.25) is 5.91 Å². The molecule has 0 radical (unpaired) electrons. The molecule has 7 heteroatoms. The molecule has 0 saturated carbocycles. The Labute approximate surface area is 148 Å². The van der Waals surface area contributed by atoms with Gasteiger partial charge < -0.3 is 15.1 Å². The molecular weight excluding hydrogens is 334 g/mol. The van der Waals surface area contributed by atoms with Crippen molar-refractivity contribution in [3.05, 3.63) is 22.4 Å². The van der Waals surface area contributed by atoms with E-state index >= 15 is 0 Å². The van der Waals surface area contributed by atoms with Crippen molar-refractivity contribution in [2.24, 2.45) is 0 Å². The molecule has 130 valence electrons. The zero-order valence-electron chi connectivity index (χ0n) is 13.8. The van der Waals surface area contributed by atoms with Gasteiger partial charge in [0.1, 0.15) is 0 Å². The van der Waals surface area contributed by atoms with E-state index in [0.29, 0.717) is 6.54 Å². The third kappa shape index (κ3) is 5.19. The molecule has 2 heterocycles. The Kier molecular flexibility index (Phi) is 8.58. The average Bonchev–Trinajstić information content (AvgIpc) is 3.07. The predicted octanol–water partition coefficient (Wildman–Crippen LogP) is 2.23. The molecule has 5 nitrogen and oxygen atoms in total. The molecule has 1 aromatic rings. The van der Waals surface area contributed by atoms with Gasteiger partial charge in [-0.1, -0.05) is 13.0 Å². The molecule has 0 bridgehead atoms. The van der Waals surface area contributed by atoms with Gasteiger partial charge in [0.15, 0.2) is 0 Å². The molecule has 1 aliphatic rings. The molecule has 1 N–H and O–H groups in total. The third-order valence-corrected chi connectivity index (χ3v) is 4.90. The van der Waals surface area contributed by atoms with Gasteiger partial charge in [-0.15, -0.1) is 23.7 Å². The highest BCUT2D eigenvalue weighted by atomic mass is 35.5. The van der Waals surface area contributed by atoms with E-state index in [0.717, 1.165) is 43.8 Å². The van der Waals surface area contributed by atoms with Crippen molar-refractivity contribution in [2.45, 2.75) is 32.2 Å². The molecule has 0 aliphatic carbocycles. The largest absolute Gasteiger partial charge is 0.341 e. The van der Waals surface area contributed by atoms with Crippen LogP contribution in [0.1, 0.15) is 35.9 Å². The molecule has 0 atom stereocenters. The molecule has 1 fully saturated rings. The van der Waals surface area contributed by atoms with Crippen LogP contribution in [0.15, 0.2) is 17.5 Å². The smallest absolute Gasteiger partial charge is 0.264 e. The zero-order chi connectivity index (χ0) is 15.9. The minimum absolute atomic E-state index is 0. The number of thiophene rings is 1. The highest BCUT2D eigenvalue weighted by Gasteiger charge is 2.29. The number of amides is 2. The number of carbonyl (C=O) groups is 2. The first kappa shape index (κ1) is 19.9. The molecule has 1 aliphatic heterocycles. The number of nitrogens with one attached hydrogen (secondary N) is 1. The summed E-state index contributed by atoms with van der Waals surface area (Å²) in [5, 5.41) is 4.84. The van der Waals surface area contributed by atoms with E-state index in [1.165, 1.54) is 11.3 Å². The van der Waals surface area contributed by atoms with E-state index < -0.39 is 0 Å². The second kappa shape index (κ2) is 9.90. The summed E-state index contributed by atoms with van der Waals surface area (Å²) in [4.78, 5) is 29.3. The standard InChI is InChI=1S/C16H25N3O2S.ClH/c1-3-8-19(16(21)14-5-4-11-22-14)13-6-9-18(10-7-13)15(20)12-17-2;/h4-5,11,13,17H,3,6-10,12H2,1-2H3;1H. The second-order valence-corrected chi connectivity index (χ2v) is 6.57. The Balaban J connectivity index is 0.00000264. The van der Waals surface area contributed by atoms with Crippen molar-refractivity contribution in [2.75, 3.05) is 33.2 Å². The molecular formula is C16H26ClN3O2S. The van der Waals surface area contributed by atoms with Crippen LogP contribution in [0.2, 0.25) is 0 Å². The molecule has 23 heavy (non-hydrogen) atoms. The molecule has 2 rings (SSSR count). The highest BCUT2D eigenvalue weighted by molar-refractivity contribution is 7.12. The van der Waals surface area contributed by atoms with Gasteiger partial charge in [-0.3, -0.25) is 9.59 Å². The van der Waals surface area contributed by atoms with Crippen LogP contribution in [0, 0.1) is 0 Å². The van der Waals surface area contributed by atoms with E-state index in [4.69, 9.17) is 0 Å². The number of nitrogens with zero attached hydrogens (tertiary/aromatic N) is 2. The Bertz CT molecular complexity index is 488. The van der Waals surface area contributed by atoms with Gasteiger partial charge in [0, 0.05) is 25.7 Å². The van der Waals surface area contributed by atoms with Crippen LogP contribution in [0.5, 0.6) is 0 Å². The number of piperidine rings is 1. The fourth-order valence-corrected chi connectivity index (χ4v) is 3.60. The van der Waals surface area contributed by atoms with Crippen LogP contribution in [-0.4, -0.2) is 60.9 Å². The van der Waals surface area contributed by atoms with Crippen LogP contribution in [0.4, 0.5) is 0 Å². The first-order valence-corrected chi connectivity index (χ1v) is 8.82. The lowest BCUT2D eigenvalue weighted by Crippen LogP contribution is -2.50. The van der Waals surface area contributed by atoms with Crippen LogP contribution < -0.4 is 5.32 Å². The Hall–Kier alpha value is -1.11. The van der Waals surface area contributed by atoms with Crippen LogP contribution >= 0.6 is 23.7 Å². The summed E-state index contributed by atoms with van der Waals surface area (Å²) in [7, 11) is 1.79. The Morgan fingerprint density at radius 3 is 2.61 bits per heavy atom. The van der Waals surface area contributed by atoms with Crippen molar-refractivity contribution < 1.29 is 9.59 Å². The number of likely N-dealkylation sites (tertiary alicyclic amines) is 1. The lowest BCUT2D eigenvalue weighted by molar-refractivity contribution is -0.131. The predicted molar refractivity (Wildman–Crippen MR) is 96.4 cm³/mol. The minimum Gasteiger partial charge on any atom is -0.341 e. The maximum absolute atomic E-state index is 12.7. The maximum Gasteiger partial charge on any atom is 0.264 e. The molecule has 1 saturated heterocycles. The summed E-state index contributed by atoms with van der Waals surface area (Å²) in [5.74, 6) is 0.282. The van der Waals surface area contributed by atoms with Crippen LogP contribution in [-0.2, 0) is 4.79 Å². The lowest BCUT2D eigenvalue weighted by Gasteiger charge is -2.38. The normalized spacial score (nSPS) is 15.1. The Morgan fingerprint density at radius 2 is 2.09 bits per heavy atom. The van der Waals surface area contributed by atoms with Gasteiger partial charge in [-0.05, 0) is 37.8 Å². The summed E-state index contributed by atoms with van der Waals surface area (Å²) in [6, 6.07) is 4.05. The first-order valence-electron chi connectivity index (χ1n) is 7.94. The van der Waals surface area contributed by atoms with Gasteiger partial charge in [0.25, 0.3) is 5.91 Å². The summed E-state index contributed by atoms with van der Waals surface area (Å²) < 4.78 is 0. The van der Waals surface area contributed by atoms with E-state index in [1.54, 1.807) is 7.05 Å². The lowest BCUT2D eigenvalue weighted by atomic mass is 10.0. The zero-order valence-corrected chi connectivity index (χ0v) is 15.4. The third-order valence-electron chi connectivity index (χ3n) is 4.04. The van der Waals surface area contributed by atoms with Gasteiger partial charge >= 0.3 is 0 Å². The maximum atomic E-state index is 12.7. The van der Waals surface area contributed by atoms with Crippen molar-refractivity contribution in [1.29, 1.82) is 0 Å². The number of rotatable bonds is 6. The quantitative estimate of drug-likeness (QED) is 0.847. The molecule has 2 amide bonds. The van der Waals surface area contributed by atoms with Crippen molar-refractivity contribution in [1.82, 2.24) is 15.1 Å². The number of halogens is 1. The first-order chi connectivity index (χ1) is 10.7. The summed E-state index contributed by atoms with van der Waals surface area (Å²) >= 11 is 1.50. The van der Waals surface area contributed by atoms with Crippen molar-refractivity contribution >= 4 is 35.6 Å². The summed E-state index contributed by atoms with van der Waals surface area (Å²) in [5.41, 5.74) is 0. The monoisotopic (exact) mass is 359 g/mol. The molecule has 0 unspecified atom stereocenters. The molecule has 1 aromatic heterocycles. The summed E-state index contributed by atoms with van der Waals surface area (Å²) in [6.07, 6.45) is 2.69. The second-order valence-electron chi connectivity index (χ2n) is 5.62. The average molecular weight is 360 g/mol. The minimum atomic E-state index is 0. The van der Waals surface area contributed by atoms with Gasteiger partial charge in [-0.2, -0.15) is 0 Å².